The Morgan fingerprint density at radius 1 is 1.36 bits per heavy atom. The molecular weight excluding hydrogens is 142 g/mol. The second-order valence-electron chi connectivity index (χ2n) is 2.97. The summed E-state index contributed by atoms with van der Waals surface area (Å²) in [6.45, 7) is 7.39. The van der Waals surface area contributed by atoms with Crippen molar-refractivity contribution in [3.8, 4) is 0 Å². The number of hydrogen-bond donors (Lipinski definition) is 2. The average molecular weight is 161 g/mol. The highest BCUT2D eigenvalue weighted by Crippen LogP contribution is 1.98. The first-order valence-electron chi connectivity index (χ1n) is 4.14. The third kappa shape index (κ3) is 4.35. The van der Waals surface area contributed by atoms with Gasteiger partial charge in [0.15, 0.2) is 0 Å². The van der Waals surface area contributed by atoms with Gasteiger partial charge in [0.1, 0.15) is 0 Å². The fraction of sp³-hybridized carbons (Fsp3) is 1.00. The molecule has 3 heteroatoms. The van der Waals surface area contributed by atoms with Crippen molar-refractivity contribution in [2.45, 2.75) is 32.9 Å². The van der Waals surface area contributed by atoms with Gasteiger partial charge in [-0.2, -0.15) is 0 Å². The van der Waals surface area contributed by atoms with Gasteiger partial charge >= 0.3 is 0 Å². The number of nitrogens with zero attached hydrogens (tertiary/aromatic N) is 1. The third-order valence-electron chi connectivity index (χ3n) is 1.79. The summed E-state index contributed by atoms with van der Waals surface area (Å²) in [6, 6.07) is 0.148. The molecule has 3 nitrogen and oxygen atoms in total. The summed E-state index contributed by atoms with van der Waals surface area (Å²) in [5.41, 5.74) is 0. The van der Waals surface area contributed by atoms with Crippen molar-refractivity contribution < 1.29 is 10.2 Å². The van der Waals surface area contributed by atoms with E-state index in [-0.39, 0.29) is 18.8 Å². The van der Waals surface area contributed by atoms with Crippen molar-refractivity contribution in [2.24, 2.45) is 0 Å². The van der Waals surface area contributed by atoms with Gasteiger partial charge in [-0.1, -0.05) is 6.92 Å². The van der Waals surface area contributed by atoms with Crippen molar-refractivity contribution in [2.75, 3.05) is 19.7 Å². The fourth-order valence-electron chi connectivity index (χ4n) is 1.08. The normalized spacial score (nSPS) is 16.9. The SMILES string of the molecule is CCN(CC(C)O)C(C)CO. The van der Waals surface area contributed by atoms with E-state index in [4.69, 9.17) is 10.2 Å². The van der Waals surface area contributed by atoms with Crippen LogP contribution in [0.3, 0.4) is 0 Å². The lowest BCUT2D eigenvalue weighted by Gasteiger charge is -2.27. The monoisotopic (exact) mass is 161 g/mol. The largest absolute Gasteiger partial charge is 0.395 e. The van der Waals surface area contributed by atoms with Gasteiger partial charge < -0.3 is 10.2 Å². The molecule has 0 bridgehead atoms. The highest BCUT2D eigenvalue weighted by atomic mass is 16.3. The lowest BCUT2D eigenvalue weighted by Crippen LogP contribution is -2.39. The molecule has 68 valence electrons. The van der Waals surface area contributed by atoms with E-state index in [1.54, 1.807) is 6.92 Å². The molecule has 0 aliphatic carbocycles. The van der Waals surface area contributed by atoms with Crippen LogP contribution < -0.4 is 0 Å². The number of likely N-dealkylation sites (N-methyl/N-ethyl adjacent to an activating group) is 1. The van der Waals surface area contributed by atoms with Crippen LogP contribution in [0, 0.1) is 0 Å². The van der Waals surface area contributed by atoms with Gasteiger partial charge in [0, 0.05) is 12.6 Å². The summed E-state index contributed by atoms with van der Waals surface area (Å²) in [5.74, 6) is 0. The number of aliphatic hydroxyl groups is 2. The average Bonchev–Trinajstić information content (AvgIpc) is 1.98. The van der Waals surface area contributed by atoms with Crippen LogP contribution in [-0.2, 0) is 0 Å². The van der Waals surface area contributed by atoms with Gasteiger partial charge in [-0.15, -0.1) is 0 Å². The maximum atomic E-state index is 9.07. The minimum absolute atomic E-state index is 0.148. The van der Waals surface area contributed by atoms with Crippen molar-refractivity contribution in [3.05, 3.63) is 0 Å². The molecule has 0 rings (SSSR count). The Hall–Kier alpha value is -0.120. The Kier molecular flexibility index (Phi) is 5.46. The van der Waals surface area contributed by atoms with E-state index in [0.717, 1.165) is 6.54 Å². The van der Waals surface area contributed by atoms with Crippen LogP contribution >= 0.6 is 0 Å². The minimum atomic E-state index is -0.316. The predicted molar refractivity (Wildman–Crippen MR) is 45.5 cm³/mol. The van der Waals surface area contributed by atoms with Gasteiger partial charge in [0.2, 0.25) is 0 Å². The lowest BCUT2D eigenvalue weighted by atomic mass is 10.2. The zero-order valence-corrected chi connectivity index (χ0v) is 7.62. The molecule has 2 N–H and O–H groups in total. The van der Waals surface area contributed by atoms with E-state index < -0.39 is 0 Å². The van der Waals surface area contributed by atoms with Gasteiger partial charge in [-0.05, 0) is 20.4 Å². The Bertz CT molecular complexity index is 96.1. The molecule has 0 saturated heterocycles. The number of hydrogen-bond acceptors (Lipinski definition) is 3. The molecule has 0 heterocycles. The molecule has 0 aromatic heterocycles. The third-order valence-corrected chi connectivity index (χ3v) is 1.79. The van der Waals surface area contributed by atoms with Gasteiger partial charge in [0.25, 0.3) is 0 Å². The Labute approximate surface area is 68.6 Å². The molecule has 0 aromatic rings. The minimum Gasteiger partial charge on any atom is -0.395 e. The molecule has 0 spiro atoms. The second-order valence-corrected chi connectivity index (χ2v) is 2.97. The topological polar surface area (TPSA) is 43.7 Å². The zero-order chi connectivity index (χ0) is 8.85. The molecular formula is C8H19NO2. The Balaban J connectivity index is 3.74. The first kappa shape index (κ1) is 10.9. The van der Waals surface area contributed by atoms with Crippen molar-refractivity contribution >= 4 is 0 Å². The number of aliphatic hydroxyl groups excluding tert-OH is 2. The summed E-state index contributed by atoms with van der Waals surface area (Å²) in [5, 5.41) is 17.9. The van der Waals surface area contributed by atoms with Crippen LogP contribution in [0.2, 0.25) is 0 Å². The van der Waals surface area contributed by atoms with Crippen LogP contribution in [-0.4, -0.2) is 47.0 Å². The van der Waals surface area contributed by atoms with Gasteiger partial charge in [-0.25, -0.2) is 0 Å². The zero-order valence-electron chi connectivity index (χ0n) is 7.62. The van der Waals surface area contributed by atoms with Crippen molar-refractivity contribution in [3.63, 3.8) is 0 Å². The van der Waals surface area contributed by atoms with Crippen molar-refractivity contribution in [1.82, 2.24) is 4.90 Å². The van der Waals surface area contributed by atoms with Crippen LogP contribution in [0.15, 0.2) is 0 Å². The maximum absolute atomic E-state index is 9.07. The molecule has 0 aromatic carbocycles. The predicted octanol–water partition coefficient (Wildman–Crippen LogP) is 0.0699. The molecule has 2 atom stereocenters. The maximum Gasteiger partial charge on any atom is 0.0639 e. The molecule has 11 heavy (non-hydrogen) atoms. The highest BCUT2D eigenvalue weighted by molar-refractivity contribution is 4.66. The summed E-state index contributed by atoms with van der Waals surface area (Å²) in [6.07, 6.45) is -0.316. The standard InChI is InChI=1S/C8H19NO2/c1-4-9(5-8(3)11)7(2)6-10/h7-8,10-11H,4-6H2,1-3H3. The van der Waals surface area contributed by atoms with E-state index in [1.165, 1.54) is 0 Å². The molecule has 0 aliphatic heterocycles. The summed E-state index contributed by atoms with van der Waals surface area (Å²) >= 11 is 0. The smallest absolute Gasteiger partial charge is 0.0639 e. The van der Waals surface area contributed by atoms with Crippen molar-refractivity contribution in [1.29, 1.82) is 0 Å². The molecule has 2 unspecified atom stereocenters. The quantitative estimate of drug-likeness (QED) is 0.599. The summed E-state index contributed by atoms with van der Waals surface area (Å²) < 4.78 is 0. The van der Waals surface area contributed by atoms with E-state index >= 15 is 0 Å². The lowest BCUT2D eigenvalue weighted by molar-refractivity contribution is 0.0811. The number of rotatable bonds is 5. The van der Waals surface area contributed by atoms with Gasteiger partial charge in [-0.3, -0.25) is 4.90 Å². The van der Waals surface area contributed by atoms with E-state index in [1.807, 2.05) is 18.7 Å². The van der Waals surface area contributed by atoms with E-state index in [9.17, 15) is 0 Å². The van der Waals surface area contributed by atoms with Gasteiger partial charge in [0.05, 0.1) is 12.7 Å². The van der Waals surface area contributed by atoms with E-state index in [2.05, 4.69) is 0 Å². The summed E-state index contributed by atoms with van der Waals surface area (Å²) in [7, 11) is 0. The van der Waals surface area contributed by atoms with Crippen LogP contribution in [0.5, 0.6) is 0 Å². The first-order chi connectivity index (χ1) is 5.11. The molecule has 0 saturated carbocycles. The van der Waals surface area contributed by atoms with Crippen LogP contribution in [0.4, 0.5) is 0 Å². The molecule has 0 radical (unpaired) electrons. The van der Waals surface area contributed by atoms with Crippen LogP contribution in [0.1, 0.15) is 20.8 Å². The van der Waals surface area contributed by atoms with E-state index in [0.29, 0.717) is 6.54 Å². The van der Waals surface area contributed by atoms with Crippen LogP contribution in [0.25, 0.3) is 0 Å². The first-order valence-corrected chi connectivity index (χ1v) is 4.14. The Morgan fingerprint density at radius 3 is 2.18 bits per heavy atom. The highest BCUT2D eigenvalue weighted by Gasteiger charge is 2.11. The molecule has 0 fully saturated rings. The Morgan fingerprint density at radius 2 is 1.91 bits per heavy atom. The summed E-state index contributed by atoms with van der Waals surface area (Å²) in [4.78, 5) is 2.05. The second kappa shape index (κ2) is 5.52. The molecule has 0 amide bonds. The fourth-order valence-corrected chi connectivity index (χ4v) is 1.08. The molecule has 0 aliphatic rings.